The summed E-state index contributed by atoms with van der Waals surface area (Å²) in [5, 5.41) is 1.14. The van der Waals surface area contributed by atoms with Crippen LogP contribution < -0.4 is 5.73 Å². The first-order valence-electron chi connectivity index (χ1n) is 4.81. The number of furan rings is 1. The standard InChI is InChI=1S/C12H15NO/c1-12(2,8-13)10-3-4-11-9(7-10)5-6-14-11/h3-7H,8,13H2,1-2H3. The Morgan fingerprint density at radius 3 is 2.79 bits per heavy atom. The maximum absolute atomic E-state index is 5.73. The topological polar surface area (TPSA) is 39.2 Å². The molecule has 2 rings (SSSR count). The number of rotatable bonds is 2. The smallest absolute Gasteiger partial charge is 0.133 e. The third kappa shape index (κ3) is 1.42. The van der Waals surface area contributed by atoms with Gasteiger partial charge in [-0.05, 0) is 23.8 Å². The molecule has 74 valence electrons. The van der Waals surface area contributed by atoms with E-state index in [4.69, 9.17) is 10.2 Å². The Morgan fingerprint density at radius 1 is 1.29 bits per heavy atom. The zero-order valence-corrected chi connectivity index (χ0v) is 8.58. The Hall–Kier alpha value is -1.28. The fourth-order valence-corrected chi connectivity index (χ4v) is 1.51. The third-order valence-electron chi connectivity index (χ3n) is 2.74. The zero-order chi connectivity index (χ0) is 10.2. The molecule has 1 aromatic carbocycles. The van der Waals surface area contributed by atoms with Crippen molar-refractivity contribution in [3.05, 3.63) is 36.1 Å². The van der Waals surface area contributed by atoms with Crippen LogP contribution in [0.25, 0.3) is 11.0 Å². The normalized spacial score (nSPS) is 12.2. The first-order valence-corrected chi connectivity index (χ1v) is 4.81. The molecule has 0 unspecified atom stereocenters. The quantitative estimate of drug-likeness (QED) is 0.788. The molecule has 0 saturated heterocycles. The van der Waals surface area contributed by atoms with E-state index in [2.05, 4.69) is 26.0 Å². The van der Waals surface area contributed by atoms with Gasteiger partial charge in [0.1, 0.15) is 5.58 Å². The van der Waals surface area contributed by atoms with Crippen LogP contribution in [0.3, 0.4) is 0 Å². The van der Waals surface area contributed by atoms with E-state index in [0.29, 0.717) is 6.54 Å². The summed E-state index contributed by atoms with van der Waals surface area (Å²) in [6.07, 6.45) is 1.71. The molecule has 0 bridgehead atoms. The van der Waals surface area contributed by atoms with Crippen LogP contribution in [-0.4, -0.2) is 6.54 Å². The van der Waals surface area contributed by atoms with Crippen molar-refractivity contribution in [2.75, 3.05) is 6.54 Å². The number of hydrogen-bond acceptors (Lipinski definition) is 2. The Labute approximate surface area is 83.7 Å². The van der Waals surface area contributed by atoms with Gasteiger partial charge in [0.15, 0.2) is 0 Å². The van der Waals surface area contributed by atoms with E-state index in [-0.39, 0.29) is 5.41 Å². The molecule has 14 heavy (non-hydrogen) atoms. The lowest BCUT2D eigenvalue weighted by molar-refractivity contribution is 0.539. The molecule has 0 amide bonds. The second-order valence-electron chi connectivity index (χ2n) is 4.26. The molecule has 1 heterocycles. The van der Waals surface area contributed by atoms with Gasteiger partial charge in [0.2, 0.25) is 0 Å². The lowest BCUT2D eigenvalue weighted by atomic mass is 9.84. The summed E-state index contributed by atoms with van der Waals surface area (Å²) in [6.45, 7) is 4.94. The van der Waals surface area contributed by atoms with Gasteiger partial charge in [-0.15, -0.1) is 0 Å². The van der Waals surface area contributed by atoms with Crippen molar-refractivity contribution in [1.29, 1.82) is 0 Å². The summed E-state index contributed by atoms with van der Waals surface area (Å²) in [5.74, 6) is 0. The highest BCUT2D eigenvalue weighted by Crippen LogP contribution is 2.26. The second kappa shape index (κ2) is 3.14. The molecule has 0 aliphatic rings. The molecule has 0 saturated carbocycles. The van der Waals surface area contributed by atoms with E-state index in [9.17, 15) is 0 Å². The summed E-state index contributed by atoms with van der Waals surface area (Å²) in [4.78, 5) is 0. The first-order chi connectivity index (χ1) is 6.63. The Bertz CT molecular complexity index is 442. The fourth-order valence-electron chi connectivity index (χ4n) is 1.51. The van der Waals surface area contributed by atoms with Crippen molar-refractivity contribution >= 4 is 11.0 Å². The average Bonchev–Trinajstić information content (AvgIpc) is 2.64. The summed E-state index contributed by atoms with van der Waals surface area (Å²) in [7, 11) is 0. The van der Waals surface area contributed by atoms with Gasteiger partial charge in [0.25, 0.3) is 0 Å². The number of hydrogen-bond donors (Lipinski definition) is 1. The van der Waals surface area contributed by atoms with Crippen LogP contribution in [0.1, 0.15) is 19.4 Å². The van der Waals surface area contributed by atoms with E-state index >= 15 is 0 Å². The number of benzene rings is 1. The number of fused-ring (bicyclic) bond motifs is 1. The van der Waals surface area contributed by atoms with Crippen LogP contribution >= 0.6 is 0 Å². The Balaban J connectivity index is 2.53. The molecular formula is C12H15NO. The summed E-state index contributed by atoms with van der Waals surface area (Å²) in [5.41, 5.74) is 7.96. The molecule has 0 aliphatic heterocycles. The van der Waals surface area contributed by atoms with Gasteiger partial charge in [-0.1, -0.05) is 19.9 Å². The van der Waals surface area contributed by atoms with Gasteiger partial charge in [-0.25, -0.2) is 0 Å². The van der Waals surface area contributed by atoms with Crippen LogP contribution in [0.4, 0.5) is 0 Å². The highest BCUT2D eigenvalue weighted by atomic mass is 16.3. The lowest BCUT2D eigenvalue weighted by Crippen LogP contribution is -2.27. The van der Waals surface area contributed by atoms with Crippen LogP contribution in [-0.2, 0) is 5.41 Å². The largest absolute Gasteiger partial charge is 0.464 e. The number of nitrogens with two attached hydrogens (primary N) is 1. The van der Waals surface area contributed by atoms with E-state index < -0.39 is 0 Å². The molecule has 0 spiro atoms. The third-order valence-corrected chi connectivity index (χ3v) is 2.74. The predicted octanol–water partition coefficient (Wildman–Crippen LogP) is 2.67. The maximum Gasteiger partial charge on any atom is 0.133 e. The first kappa shape index (κ1) is 9.28. The maximum atomic E-state index is 5.73. The van der Waals surface area contributed by atoms with Gasteiger partial charge < -0.3 is 10.2 Å². The van der Waals surface area contributed by atoms with Gasteiger partial charge in [-0.3, -0.25) is 0 Å². The molecular weight excluding hydrogens is 174 g/mol. The summed E-state index contributed by atoms with van der Waals surface area (Å²) in [6, 6.07) is 8.21. The van der Waals surface area contributed by atoms with Crippen LogP contribution in [0, 0.1) is 0 Å². The molecule has 2 heteroatoms. The zero-order valence-electron chi connectivity index (χ0n) is 8.58. The van der Waals surface area contributed by atoms with E-state index in [1.807, 2.05) is 12.1 Å². The van der Waals surface area contributed by atoms with Gasteiger partial charge >= 0.3 is 0 Å². The van der Waals surface area contributed by atoms with Crippen molar-refractivity contribution in [2.24, 2.45) is 5.73 Å². The molecule has 0 atom stereocenters. The minimum absolute atomic E-state index is 0.0332. The molecule has 0 aliphatic carbocycles. The monoisotopic (exact) mass is 189 g/mol. The Kier molecular flexibility index (Phi) is 2.08. The molecule has 2 nitrogen and oxygen atoms in total. The predicted molar refractivity (Wildman–Crippen MR) is 58.3 cm³/mol. The average molecular weight is 189 g/mol. The van der Waals surface area contributed by atoms with Crippen LogP contribution in [0.5, 0.6) is 0 Å². The Morgan fingerprint density at radius 2 is 2.07 bits per heavy atom. The minimum atomic E-state index is 0.0332. The molecule has 2 N–H and O–H groups in total. The SMILES string of the molecule is CC(C)(CN)c1ccc2occc2c1. The van der Waals surface area contributed by atoms with Crippen molar-refractivity contribution in [3.63, 3.8) is 0 Å². The molecule has 1 aromatic heterocycles. The van der Waals surface area contributed by atoms with Crippen molar-refractivity contribution in [3.8, 4) is 0 Å². The van der Waals surface area contributed by atoms with Crippen molar-refractivity contribution in [2.45, 2.75) is 19.3 Å². The highest BCUT2D eigenvalue weighted by Gasteiger charge is 2.18. The van der Waals surface area contributed by atoms with Crippen LogP contribution in [0.15, 0.2) is 34.9 Å². The second-order valence-corrected chi connectivity index (χ2v) is 4.26. The summed E-state index contributed by atoms with van der Waals surface area (Å²) < 4.78 is 5.29. The summed E-state index contributed by atoms with van der Waals surface area (Å²) >= 11 is 0. The van der Waals surface area contributed by atoms with E-state index in [1.54, 1.807) is 6.26 Å². The van der Waals surface area contributed by atoms with Crippen molar-refractivity contribution in [1.82, 2.24) is 0 Å². The van der Waals surface area contributed by atoms with E-state index in [1.165, 1.54) is 5.56 Å². The van der Waals surface area contributed by atoms with Gasteiger partial charge in [-0.2, -0.15) is 0 Å². The lowest BCUT2D eigenvalue weighted by Gasteiger charge is -2.22. The van der Waals surface area contributed by atoms with Gasteiger partial charge in [0.05, 0.1) is 6.26 Å². The molecule has 0 fully saturated rings. The fraction of sp³-hybridized carbons (Fsp3) is 0.333. The molecule has 2 aromatic rings. The van der Waals surface area contributed by atoms with Gasteiger partial charge in [0, 0.05) is 17.3 Å². The van der Waals surface area contributed by atoms with Crippen molar-refractivity contribution < 1.29 is 4.42 Å². The van der Waals surface area contributed by atoms with E-state index in [0.717, 1.165) is 11.0 Å². The van der Waals surface area contributed by atoms with Crippen LogP contribution in [0.2, 0.25) is 0 Å². The highest BCUT2D eigenvalue weighted by molar-refractivity contribution is 5.78. The molecule has 0 radical (unpaired) electrons. The minimum Gasteiger partial charge on any atom is -0.464 e.